The molecule has 0 aromatic carbocycles. The molecule has 1 aliphatic heterocycles. The molecule has 1 fully saturated rings. The largest absolute Gasteiger partial charge is 0.314 e. The second kappa shape index (κ2) is 6.01. The Labute approximate surface area is 116 Å². The van der Waals surface area contributed by atoms with Crippen LogP contribution in [0.4, 0.5) is 0 Å². The van der Waals surface area contributed by atoms with Gasteiger partial charge in [0.1, 0.15) is 12.2 Å². The highest BCUT2D eigenvalue weighted by atomic mass is 15.4. The average molecular weight is 265 g/mol. The summed E-state index contributed by atoms with van der Waals surface area (Å²) in [7, 11) is 0. The third kappa shape index (κ3) is 2.82. The first-order valence-corrected chi connectivity index (χ1v) is 7.47. The predicted molar refractivity (Wildman–Crippen MR) is 77.0 cm³/mol. The van der Waals surface area contributed by atoms with Crippen molar-refractivity contribution < 1.29 is 0 Å². The van der Waals surface area contributed by atoms with E-state index in [0.717, 1.165) is 32.0 Å². The molecule has 0 aliphatic carbocycles. The Balaban J connectivity index is 2.17. The van der Waals surface area contributed by atoms with Crippen LogP contribution < -0.4 is 5.32 Å². The van der Waals surface area contributed by atoms with E-state index in [1.807, 2.05) is 4.68 Å². The molecule has 0 amide bonds. The van der Waals surface area contributed by atoms with Gasteiger partial charge in [0.25, 0.3) is 0 Å². The molecule has 0 atom stereocenters. The van der Waals surface area contributed by atoms with Crippen molar-refractivity contribution >= 4 is 0 Å². The minimum absolute atomic E-state index is 0.270. The van der Waals surface area contributed by atoms with Gasteiger partial charge in [0.05, 0.1) is 6.54 Å². The smallest absolute Gasteiger partial charge is 0.141 e. The van der Waals surface area contributed by atoms with Crippen LogP contribution in [-0.2, 0) is 6.54 Å². The van der Waals surface area contributed by atoms with Crippen LogP contribution in [0.1, 0.15) is 52.4 Å². The number of rotatable bonds is 5. The van der Waals surface area contributed by atoms with Crippen LogP contribution in [0.25, 0.3) is 0 Å². The number of hydrogen-bond acceptors (Lipinski definition) is 4. The molecule has 1 aromatic rings. The summed E-state index contributed by atoms with van der Waals surface area (Å²) in [4.78, 5) is 7.05. The summed E-state index contributed by atoms with van der Waals surface area (Å²) in [6, 6.07) is 0.373. The molecule has 1 saturated heterocycles. The van der Waals surface area contributed by atoms with Crippen molar-refractivity contribution in [2.45, 2.75) is 58.7 Å². The summed E-state index contributed by atoms with van der Waals surface area (Å²) in [5.74, 6) is 1.09. The predicted octanol–water partition coefficient (Wildman–Crippen LogP) is 1.82. The Hall–Kier alpha value is -0.940. The van der Waals surface area contributed by atoms with E-state index in [0.29, 0.717) is 6.04 Å². The van der Waals surface area contributed by atoms with Crippen molar-refractivity contribution in [2.75, 3.05) is 19.6 Å². The first-order valence-electron chi connectivity index (χ1n) is 7.47. The monoisotopic (exact) mass is 265 g/mol. The van der Waals surface area contributed by atoms with Gasteiger partial charge in [-0.1, -0.05) is 13.8 Å². The molecule has 108 valence electrons. The van der Waals surface area contributed by atoms with Crippen molar-refractivity contribution in [1.82, 2.24) is 25.0 Å². The van der Waals surface area contributed by atoms with Gasteiger partial charge >= 0.3 is 0 Å². The van der Waals surface area contributed by atoms with Crippen molar-refractivity contribution in [1.29, 1.82) is 0 Å². The van der Waals surface area contributed by atoms with Crippen LogP contribution in [0, 0.1) is 0 Å². The summed E-state index contributed by atoms with van der Waals surface area (Å²) in [6.45, 7) is 13.0. The fourth-order valence-corrected chi connectivity index (χ4v) is 3.07. The van der Waals surface area contributed by atoms with Crippen molar-refractivity contribution in [2.24, 2.45) is 0 Å². The summed E-state index contributed by atoms with van der Waals surface area (Å²) >= 11 is 0. The van der Waals surface area contributed by atoms with Gasteiger partial charge in [-0.2, -0.15) is 5.10 Å². The van der Waals surface area contributed by atoms with E-state index in [-0.39, 0.29) is 5.54 Å². The van der Waals surface area contributed by atoms with Crippen LogP contribution in [0.2, 0.25) is 0 Å². The van der Waals surface area contributed by atoms with Crippen LogP contribution in [0.3, 0.4) is 0 Å². The van der Waals surface area contributed by atoms with Crippen molar-refractivity contribution in [3.8, 4) is 0 Å². The first kappa shape index (κ1) is 14.5. The number of nitrogens with one attached hydrogen (secondary N) is 1. The zero-order valence-corrected chi connectivity index (χ0v) is 12.7. The quantitative estimate of drug-likeness (QED) is 0.882. The van der Waals surface area contributed by atoms with Gasteiger partial charge < -0.3 is 5.32 Å². The Bertz CT molecular complexity index is 394. The van der Waals surface area contributed by atoms with E-state index in [1.165, 1.54) is 12.8 Å². The summed E-state index contributed by atoms with van der Waals surface area (Å²) < 4.78 is 2.04. The van der Waals surface area contributed by atoms with Crippen LogP contribution in [0.15, 0.2) is 6.33 Å². The molecule has 2 heterocycles. The minimum atomic E-state index is 0.270. The highest BCUT2D eigenvalue weighted by molar-refractivity contribution is 4.97. The standard InChI is InChI=1S/C14H27N5/c1-5-14(6-2)10-15-7-8-18(14)9-13-16-11-17-19(13)12(3)4/h11-12,15H,5-10H2,1-4H3. The molecule has 1 aromatic heterocycles. The molecule has 2 rings (SSSR count). The third-order valence-electron chi connectivity index (χ3n) is 4.47. The molecule has 0 spiro atoms. The van der Waals surface area contributed by atoms with Gasteiger partial charge in [-0.25, -0.2) is 9.67 Å². The van der Waals surface area contributed by atoms with Gasteiger partial charge in [-0.15, -0.1) is 0 Å². The van der Waals surface area contributed by atoms with E-state index >= 15 is 0 Å². The maximum absolute atomic E-state index is 4.46. The normalized spacial score (nSPS) is 20.1. The third-order valence-corrected chi connectivity index (χ3v) is 4.47. The number of nitrogens with zero attached hydrogens (tertiary/aromatic N) is 4. The fraction of sp³-hybridized carbons (Fsp3) is 0.857. The molecular weight excluding hydrogens is 238 g/mol. The van der Waals surface area contributed by atoms with Gasteiger partial charge in [-0.3, -0.25) is 4.90 Å². The molecule has 0 radical (unpaired) electrons. The highest BCUT2D eigenvalue weighted by Gasteiger charge is 2.36. The molecular formula is C14H27N5. The lowest BCUT2D eigenvalue weighted by molar-refractivity contribution is 0.0409. The Morgan fingerprint density at radius 1 is 1.37 bits per heavy atom. The number of hydrogen-bond donors (Lipinski definition) is 1. The molecule has 0 bridgehead atoms. The lowest BCUT2D eigenvalue weighted by Gasteiger charge is -2.46. The van der Waals surface area contributed by atoms with E-state index < -0.39 is 0 Å². The highest BCUT2D eigenvalue weighted by Crippen LogP contribution is 2.27. The summed E-state index contributed by atoms with van der Waals surface area (Å²) in [5, 5.41) is 7.88. The average Bonchev–Trinajstić information content (AvgIpc) is 2.88. The molecule has 0 unspecified atom stereocenters. The molecule has 1 aliphatic rings. The number of aromatic nitrogens is 3. The summed E-state index contributed by atoms with van der Waals surface area (Å²) in [5.41, 5.74) is 0.270. The fourth-order valence-electron chi connectivity index (χ4n) is 3.07. The van der Waals surface area contributed by atoms with Crippen LogP contribution in [-0.4, -0.2) is 44.8 Å². The van der Waals surface area contributed by atoms with Gasteiger partial charge in [0.2, 0.25) is 0 Å². The second-order valence-electron chi connectivity index (χ2n) is 5.74. The van der Waals surface area contributed by atoms with Crippen LogP contribution >= 0.6 is 0 Å². The van der Waals surface area contributed by atoms with E-state index in [2.05, 4.69) is 48.0 Å². The van der Waals surface area contributed by atoms with Gasteiger partial charge in [-0.05, 0) is 26.7 Å². The van der Waals surface area contributed by atoms with Crippen molar-refractivity contribution in [3.63, 3.8) is 0 Å². The zero-order chi connectivity index (χ0) is 13.9. The maximum atomic E-state index is 4.46. The molecule has 0 saturated carbocycles. The molecule has 5 heteroatoms. The maximum Gasteiger partial charge on any atom is 0.141 e. The Kier molecular flexibility index (Phi) is 4.58. The van der Waals surface area contributed by atoms with Crippen LogP contribution in [0.5, 0.6) is 0 Å². The van der Waals surface area contributed by atoms with Gasteiger partial charge in [0.15, 0.2) is 0 Å². The second-order valence-corrected chi connectivity index (χ2v) is 5.74. The minimum Gasteiger partial charge on any atom is -0.314 e. The first-order chi connectivity index (χ1) is 9.13. The number of piperazine rings is 1. The lowest BCUT2D eigenvalue weighted by atomic mass is 9.88. The molecule has 1 N–H and O–H groups in total. The van der Waals surface area contributed by atoms with Gasteiger partial charge in [0, 0.05) is 31.2 Å². The van der Waals surface area contributed by atoms with E-state index in [1.54, 1.807) is 6.33 Å². The van der Waals surface area contributed by atoms with E-state index in [4.69, 9.17) is 0 Å². The Morgan fingerprint density at radius 3 is 2.74 bits per heavy atom. The topological polar surface area (TPSA) is 46.0 Å². The van der Waals surface area contributed by atoms with Crippen molar-refractivity contribution in [3.05, 3.63) is 12.2 Å². The zero-order valence-electron chi connectivity index (χ0n) is 12.7. The van der Waals surface area contributed by atoms with E-state index in [9.17, 15) is 0 Å². The summed E-state index contributed by atoms with van der Waals surface area (Å²) in [6.07, 6.45) is 4.02. The molecule has 5 nitrogen and oxygen atoms in total. The SMILES string of the molecule is CCC1(CC)CNCCN1Cc1ncnn1C(C)C. The Morgan fingerprint density at radius 2 is 2.11 bits per heavy atom. The molecule has 19 heavy (non-hydrogen) atoms. The lowest BCUT2D eigenvalue weighted by Crippen LogP contribution is -2.60.